The van der Waals surface area contributed by atoms with Gasteiger partial charge < -0.3 is 11.5 Å². The molecule has 0 bridgehead atoms. The average molecular weight is 178 g/mol. The van der Waals surface area contributed by atoms with Crippen LogP contribution in [0.4, 0.5) is 5.69 Å². The molecule has 2 heteroatoms. The van der Waals surface area contributed by atoms with E-state index in [2.05, 4.69) is 19.9 Å². The number of benzene rings is 1. The molecule has 0 spiro atoms. The highest BCUT2D eigenvalue weighted by Crippen LogP contribution is 2.27. The zero-order valence-electron chi connectivity index (χ0n) is 8.38. The first-order chi connectivity index (χ1) is 6.12. The Morgan fingerprint density at radius 2 is 2.08 bits per heavy atom. The van der Waals surface area contributed by atoms with Crippen molar-refractivity contribution in [1.29, 1.82) is 0 Å². The molecular weight excluding hydrogens is 160 g/mol. The molecule has 2 nitrogen and oxygen atoms in total. The summed E-state index contributed by atoms with van der Waals surface area (Å²) in [4.78, 5) is 0. The average Bonchev–Trinajstić information content (AvgIpc) is 2.17. The molecule has 0 aliphatic rings. The third-order valence-electron chi connectivity index (χ3n) is 2.81. The summed E-state index contributed by atoms with van der Waals surface area (Å²) in [7, 11) is 0. The van der Waals surface area contributed by atoms with Crippen molar-refractivity contribution in [3.63, 3.8) is 0 Å². The van der Waals surface area contributed by atoms with E-state index < -0.39 is 0 Å². The molecule has 0 saturated heterocycles. The van der Waals surface area contributed by atoms with Gasteiger partial charge in [0.15, 0.2) is 0 Å². The van der Waals surface area contributed by atoms with Gasteiger partial charge in [0, 0.05) is 17.6 Å². The van der Waals surface area contributed by atoms with Gasteiger partial charge in [-0.2, -0.15) is 0 Å². The van der Waals surface area contributed by atoms with Crippen molar-refractivity contribution in [2.24, 2.45) is 5.73 Å². The lowest BCUT2D eigenvalue weighted by molar-refractivity contribution is 0.467. The van der Waals surface area contributed by atoms with Gasteiger partial charge in [0.05, 0.1) is 0 Å². The molecule has 0 aliphatic carbocycles. The molecule has 0 saturated carbocycles. The first-order valence-corrected chi connectivity index (χ1v) is 4.68. The molecule has 0 amide bonds. The Bertz CT molecular complexity index is 277. The van der Waals surface area contributed by atoms with Crippen molar-refractivity contribution in [1.82, 2.24) is 0 Å². The van der Waals surface area contributed by atoms with Gasteiger partial charge in [-0.15, -0.1) is 0 Å². The van der Waals surface area contributed by atoms with E-state index in [0.717, 1.165) is 12.1 Å². The van der Waals surface area contributed by atoms with E-state index in [1.54, 1.807) is 0 Å². The molecule has 0 aliphatic heterocycles. The van der Waals surface area contributed by atoms with E-state index in [1.807, 2.05) is 18.2 Å². The van der Waals surface area contributed by atoms with Crippen LogP contribution in [-0.4, -0.2) is 6.54 Å². The number of rotatable bonds is 3. The topological polar surface area (TPSA) is 52.0 Å². The molecule has 0 heterocycles. The second-order valence-corrected chi connectivity index (χ2v) is 3.74. The van der Waals surface area contributed by atoms with E-state index in [4.69, 9.17) is 11.5 Å². The Labute approximate surface area is 79.9 Å². The van der Waals surface area contributed by atoms with Gasteiger partial charge in [-0.25, -0.2) is 0 Å². The van der Waals surface area contributed by atoms with Crippen molar-refractivity contribution < 1.29 is 0 Å². The van der Waals surface area contributed by atoms with E-state index in [9.17, 15) is 0 Å². The highest BCUT2D eigenvalue weighted by atomic mass is 14.6. The summed E-state index contributed by atoms with van der Waals surface area (Å²) in [6.07, 6.45) is 1.03. The van der Waals surface area contributed by atoms with Crippen LogP contribution in [0.1, 0.15) is 25.8 Å². The lowest BCUT2D eigenvalue weighted by Crippen LogP contribution is -2.30. The minimum absolute atomic E-state index is 0.0649. The van der Waals surface area contributed by atoms with Gasteiger partial charge in [0.1, 0.15) is 0 Å². The molecule has 13 heavy (non-hydrogen) atoms. The fourth-order valence-corrected chi connectivity index (χ4v) is 1.38. The van der Waals surface area contributed by atoms with Crippen LogP contribution < -0.4 is 11.5 Å². The Kier molecular flexibility index (Phi) is 2.94. The standard InChI is InChI=1S/C11H18N2/c1-3-11(2,8-12)9-5-4-6-10(13)7-9/h4-7H,3,8,12-13H2,1-2H3. The van der Waals surface area contributed by atoms with Gasteiger partial charge in [-0.05, 0) is 24.1 Å². The van der Waals surface area contributed by atoms with Crippen LogP contribution >= 0.6 is 0 Å². The predicted octanol–water partition coefficient (Wildman–Crippen LogP) is 1.90. The highest BCUT2D eigenvalue weighted by Gasteiger charge is 2.22. The van der Waals surface area contributed by atoms with Crippen molar-refractivity contribution in [2.75, 3.05) is 12.3 Å². The van der Waals surface area contributed by atoms with Crippen LogP contribution in [0.2, 0.25) is 0 Å². The third kappa shape index (κ3) is 2.01. The molecular formula is C11H18N2. The number of anilines is 1. The first kappa shape index (κ1) is 10.1. The predicted molar refractivity (Wildman–Crippen MR) is 57.6 cm³/mol. The van der Waals surface area contributed by atoms with Gasteiger partial charge >= 0.3 is 0 Å². The zero-order chi connectivity index (χ0) is 9.90. The fourth-order valence-electron chi connectivity index (χ4n) is 1.38. The SMILES string of the molecule is CCC(C)(CN)c1cccc(N)c1. The van der Waals surface area contributed by atoms with Crippen molar-refractivity contribution in [2.45, 2.75) is 25.7 Å². The van der Waals surface area contributed by atoms with Crippen LogP contribution in [0.5, 0.6) is 0 Å². The summed E-state index contributed by atoms with van der Waals surface area (Å²) in [6.45, 7) is 4.98. The van der Waals surface area contributed by atoms with Crippen molar-refractivity contribution >= 4 is 5.69 Å². The Morgan fingerprint density at radius 1 is 1.38 bits per heavy atom. The van der Waals surface area contributed by atoms with Crippen LogP contribution in [0.25, 0.3) is 0 Å². The summed E-state index contributed by atoms with van der Waals surface area (Å²) in [5.74, 6) is 0. The summed E-state index contributed by atoms with van der Waals surface area (Å²) >= 11 is 0. The number of hydrogen-bond acceptors (Lipinski definition) is 2. The Morgan fingerprint density at radius 3 is 2.54 bits per heavy atom. The molecule has 4 N–H and O–H groups in total. The van der Waals surface area contributed by atoms with Crippen LogP contribution in [0, 0.1) is 0 Å². The maximum absolute atomic E-state index is 5.76. The lowest BCUT2D eigenvalue weighted by atomic mass is 9.80. The second kappa shape index (κ2) is 3.79. The summed E-state index contributed by atoms with van der Waals surface area (Å²) in [5.41, 5.74) is 13.6. The molecule has 1 aromatic carbocycles. The monoisotopic (exact) mass is 178 g/mol. The van der Waals surface area contributed by atoms with Gasteiger partial charge in [0.25, 0.3) is 0 Å². The van der Waals surface area contributed by atoms with E-state index >= 15 is 0 Å². The van der Waals surface area contributed by atoms with Gasteiger partial charge in [-0.1, -0.05) is 26.0 Å². The molecule has 1 rings (SSSR count). The smallest absolute Gasteiger partial charge is 0.0316 e. The van der Waals surface area contributed by atoms with Crippen molar-refractivity contribution in [3.05, 3.63) is 29.8 Å². The fraction of sp³-hybridized carbons (Fsp3) is 0.455. The Hall–Kier alpha value is -1.02. The minimum Gasteiger partial charge on any atom is -0.399 e. The van der Waals surface area contributed by atoms with E-state index in [1.165, 1.54) is 5.56 Å². The molecule has 1 unspecified atom stereocenters. The second-order valence-electron chi connectivity index (χ2n) is 3.74. The molecule has 72 valence electrons. The van der Waals surface area contributed by atoms with Gasteiger partial charge in [0.2, 0.25) is 0 Å². The summed E-state index contributed by atoms with van der Waals surface area (Å²) in [5, 5.41) is 0. The maximum Gasteiger partial charge on any atom is 0.0316 e. The zero-order valence-corrected chi connectivity index (χ0v) is 8.38. The van der Waals surface area contributed by atoms with Crippen LogP contribution in [-0.2, 0) is 5.41 Å². The largest absolute Gasteiger partial charge is 0.399 e. The van der Waals surface area contributed by atoms with Crippen LogP contribution in [0.3, 0.4) is 0 Å². The van der Waals surface area contributed by atoms with Crippen molar-refractivity contribution in [3.8, 4) is 0 Å². The third-order valence-corrected chi connectivity index (χ3v) is 2.81. The Balaban J connectivity index is 3.05. The normalized spacial score (nSPS) is 15.3. The number of nitrogen functional groups attached to an aromatic ring is 1. The first-order valence-electron chi connectivity index (χ1n) is 4.68. The van der Waals surface area contributed by atoms with E-state index in [0.29, 0.717) is 6.54 Å². The minimum atomic E-state index is 0.0649. The summed E-state index contributed by atoms with van der Waals surface area (Å²) < 4.78 is 0. The molecule has 0 aromatic heterocycles. The lowest BCUT2D eigenvalue weighted by Gasteiger charge is -2.27. The number of hydrogen-bond donors (Lipinski definition) is 2. The molecule has 0 fully saturated rings. The quantitative estimate of drug-likeness (QED) is 0.694. The van der Waals surface area contributed by atoms with Gasteiger partial charge in [-0.3, -0.25) is 0 Å². The maximum atomic E-state index is 5.76. The summed E-state index contributed by atoms with van der Waals surface area (Å²) in [6, 6.07) is 7.98. The highest BCUT2D eigenvalue weighted by molar-refractivity contribution is 5.43. The number of nitrogens with two attached hydrogens (primary N) is 2. The van der Waals surface area contributed by atoms with Crippen LogP contribution in [0.15, 0.2) is 24.3 Å². The molecule has 0 radical (unpaired) electrons. The molecule has 1 atom stereocenters. The van der Waals surface area contributed by atoms with E-state index in [-0.39, 0.29) is 5.41 Å². The molecule has 1 aromatic rings.